The number of ketones is 1. The molecule has 0 saturated carbocycles. The minimum absolute atomic E-state index is 0.117. The first-order chi connectivity index (χ1) is 14.2. The topological polar surface area (TPSA) is 72.1 Å². The Bertz CT molecular complexity index is 1040. The van der Waals surface area contributed by atoms with E-state index in [2.05, 4.69) is 9.88 Å². The molecule has 2 N–H and O–H groups in total. The van der Waals surface area contributed by atoms with Crippen LogP contribution in [0.1, 0.15) is 52.3 Å². The molecule has 1 aliphatic carbocycles. The van der Waals surface area contributed by atoms with E-state index in [1.807, 2.05) is 30.3 Å². The number of carbonyl (C=O) groups is 1. The van der Waals surface area contributed by atoms with Crippen molar-refractivity contribution in [1.82, 2.24) is 14.9 Å². The first-order valence-electron chi connectivity index (χ1n) is 10.6. The first kappa shape index (κ1) is 18.7. The molecule has 0 radical (unpaired) electrons. The molecule has 3 aromatic rings. The van der Waals surface area contributed by atoms with Crippen molar-refractivity contribution in [2.45, 2.75) is 45.1 Å². The monoisotopic (exact) mass is 406 g/mol. The van der Waals surface area contributed by atoms with Crippen molar-refractivity contribution in [3.8, 4) is 0 Å². The molecule has 0 spiro atoms. The van der Waals surface area contributed by atoms with Gasteiger partial charge in [0.2, 0.25) is 0 Å². The van der Waals surface area contributed by atoms with E-state index >= 15 is 0 Å². The summed E-state index contributed by atoms with van der Waals surface area (Å²) in [5, 5.41) is 1.10. The first-order valence-corrected chi connectivity index (χ1v) is 11.4. The molecule has 1 aromatic carbocycles. The molecule has 2 aliphatic rings. The maximum absolute atomic E-state index is 12.7. The van der Waals surface area contributed by atoms with Crippen molar-refractivity contribution in [2.75, 3.05) is 18.8 Å². The number of rotatable bonds is 4. The Hall–Kier alpha value is -2.31. The molecule has 0 unspecified atom stereocenters. The third-order valence-electron chi connectivity index (χ3n) is 6.27. The van der Waals surface area contributed by atoms with Crippen LogP contribution in [0.2, 0.25) is 0 Å². The van der Waals surface area contributed by atoms with E-state index in [1.54, 1.807) is 11.3 Å². The van der Waals surface area contributed by atoms with Crippen LogP contribution in [-0.2, 0) is 19.4 Å². The van der Waals surface area contributed by atoms with Gasteiger partial charge >= 0.3 is 0 Å². The van der Waals surface area contributed by atoms with Crippen molar-refractivity contribution in [3.63, 3.8) is 0 Å². The van der Waals surface area contributed by atoms with Gasteiger partial charge in [-0.3, -0.25) is 9.69 Å². The lowest BCUT2D eigenvalue weighted by Crippen LogP contribution is -2.36. The van der Waals surface area contributed by atoms with E-state index in [4.69, 9.17) is 10.7 Å². The van der Waals surface area contributed by atoms with Gasteiger partial charge in [0.15, 0.2) is 5.78 Å². The van der Waals surface area contributed by atoms with E-state index in [9.17, 15) is 4.79 Å². The summed E-state index contributed by atoms with van der Waals surface area (Å²) >= 11 is 1.80. The van der Waals surface area contributed by atoms with E-state index < -0.39 is 0 Å². The number of aryl methyl sites for hydroxylation is 2. The van der Waals surface area contributed by atoms with Gasteiger partial charge in [0, 0.05) is 16.4 Å². The quantitative estimate of drug-likeness (QED) is 0.656. The van der Waals surface area contributed by atoms with Crippen LogP contribution in [0.3, 0.4) is 0 Å². The summed E-state index contributed by atoms with van der Waals surface area (Å²) in [6.45, 7) is 2.49. The molecule has 5 nitrogen and oxygen atoms in total. The molecule has 0 bridgehead atoms. The van der Waals surface area contributed by atoms with Crippen LogP contribution in [0.25, 0.3) is 10.2 Å². The number of nitrogens with two attached hydrogens (primary N) is 1. The molecule has 2 aromatic heterocycles. The zero-order valence-corrected chi connectivity index (χ0v) is 17.4. The SMILES string of the molecule is Nc1nc(CN2CCC(C(=O)c3ccccc3)CC2)nc2sc3c(c12)CCCC3. The molecule has 1 aliphatic heterocycles. The van der Waals surface area contributed by atoms with Crippen LogP contribution in [-0.4, -0.2) is 33.7 Å². The highest BCUT2D eigenvalue weighted by atomic mass is 32.1. The van der Waals surface area contributed by atoms with Crippen LogP contribution >= 0.6 is 11.3 Å². The van der Waals surface area contributed by atoms with Crippen molar-refractivity contribution in [1.29, 1.82) is 0 Å². The summed E-state index contributed by atoms with van der Waals surface area (Å²) in [6.07, 6.45) is 6.52. The number of nitrogen functional groups attached to an aromatic ring is 1. The summed E-state index contributed by atoms with van der Waals surface area (Å²) in [5.74, 6) is 1.84. The zero-order valence-electron chi connectivity index (χ0n) is 16.6. The standard InChI is InChI=1S/C23H26N4OS/c24-22-20-17-8-4-5-9-18(17)29-23(20)26-19(25-22)14-27-12-10-16(11-13-27)21(28)15-6-2-1-3-7-15/h1-3,6-7,16H,4-5,8-14H2,(H2,24,25,26). The number of carbonyl (C=O) groups excluding carboxylic acids is 1. The van der Waals surface area contributed by atoms with Crippen LogP contribution in [0.15, 0.2) is 30.3 Å². The molecule has 150 valence electrons. The summed E-state index contributed by atoms with van der Waals surface area (Å²) in [6, 6.07) is 9.65. The molecule has 1 fully saturated rings. The molecule has 0 amide bonds. The van der Waals surface area contributed by atoms with Gasteiger partial charge in [-0.1, -0.05) is 30.3 Å². The fraction of sp³-hybridized carbons (Fsp3) is 0.435. The fourth-order valence-corrected chi connectivity index (χ4v) is 5.98. The van der Waals surface area contributed by atoms with Crippen molar-refractivity contribution in [3.05, 3.63) is 52.2 Å². The molecule has 0 atom stereocenters. The number of hydrogen-bond donors (Lipinski definition) is 1. The number of nitrogens with zero attached hydrogens (tertiary/aromatic N) is 3. The number of thiophene rings is 1. The normalized spacial score (nSPS) is 18.1. The van der Waals surface area contributed by atoms with E-state index in [0.717, 1.165) is 60.4 Å². The molecule has 29 heavy (non-hydrogen) atoms. The number of benzene rings is 1. The number of fused-ring (bicyclic) bond motifs is 3. The van der Waals surface area contributed by atoms with Crippen LogP contribution in [0.5, 0.6) is 0 Å². The number of aromatic nitrogens is 2. The molecular formula is C23H26N4OS. The summed E-state index contributed by atoms with van der Waals surface area (Å²) in [5.41, 5.74) is 8.57. The highest BCUT2D eigenvalue weighted by molar-refractivity contribution is 7.19. The Labute approximate surface area is 175 Å². The number of piperidine rings is 1. The molecule has 1 saturated heterocycles. The predicted octanol–water partition coefficient (Wildman–Crippen LogP) is 4.25. The van der Waals surface area contributed by atoms with Gasteiger partial charge in [0.25, 0.3) is 0 Å². The Kier molecular flexibility index (Phi) is 5.06. The molecule has 3 heterocycles. The maximum Gasteiger partial charge on any atom is 0.166 e. The van der Waals surface area contributed by atoms with E-state index in [1.165, 1.54) is 23.3 Å². The predicted molar refractivity (Wildman–Crippen MR) is 117 cm³/mol. The minimum atomic E-state index is 0.117. The Balaban J connectivity index is 1.27. The lowest BCUT2D eigenvalue weighted by atomic mass is 9.89. The second-order valence-corrected chi connectivity index (χ2v) is 9.28. The Morgan fingerprint density at radius 2 is 1.86 bits per heavy atom. The van der Waals surface area contributed by atoms with Crippen LogP contribution < -0.4 is 5.73 Å². The van der Waals surface area contributed by atoms with Gasteiger partial charge < -0.3 is 5.73 Å². The van der Waals surface area contributed by atoms with Gasteiger partial charge in [0.1, 0.15) is 16.5 Å². The third kappa shape index (κ3) is 3.67. The molecule has 6 heteroatoms. The van der Waals surface area contributed by atoms with Crippen LogP contribution in [0.4, 0.5) is 5.82 Å². The minimum Gasteiger partial charge on any atom is -0.383 e. The summed E-state index contributed by atoms with van der Waals surface area (Å²) in [7, 11) is 0. The third-order valence-corrected chi connectivity index (χ3v) is 7.46. The Morgan fingerprint density at radius 3 is 2.66 bits per heavy atom. The van der Waals surface area contributed by atoms with Crippen molar-refractivity contribution >= 4 is 33.2 Å². The number of Topliss-reactive ketones (excluding diaryl/α,β-unsaturated/α-hetero) is 1. The molecular weight excluding hydrogens is 380 g/mol. The number of anilines is 1. The second kappa shape index (κ2) is 7.84. The van der Waals surface area contributed by atoms with E-state index in [0.29, 0.717) is 12.4 Å². The largest absolute Gasteiger partial charge is 0.383 e. The highest BCUT2D eigenvalue weighted by Crippen LogP contribution is 2.37. The fourth-order valence-electron chi connectivity index (χ4n) is 4.69. The maximum atomic E-state index is 12.7. The van der Waals surface area contributed by atoms with Gasteiger partial charge in [0.05, 0.1) is 11.9 Å². The Morgan fingerprint density at radius 1 is 1.10 bits per heavy atom. The van der Waals surface area contributed by atoms with Crippen LogP contribution in [0, 0.1) is 5.92 Å². The van der Waals surface area contributed by atoms with Crippen molar-refractivity contribution in [2.24, 2.45) is 5.92 Å². The van der Waals surface area contributed by atoms with E-state index in [-0.39, 0.29) is 11.7 Å². The average Bonchev–Trinajstić information content (AvgIpc) is 3.13. The van der Waals surface area contributed by atoms with Gasteiger partial charge in [-0.05, 0) is 57.2 Å². The average molecular weight is 407 g/mol. The number of likely N-dealkylation sites (tertiary alicyclic amines) is 1. The number of hydrogen-bond acceptors (Lipinski definition) is 6. The second-order valence-electron chi connectivity index (χ2n) is 8.20. The van der Waals surface area contributed by atoms with Gasteiger partial charge in [-0.25, -0.2) is 9.97 Å². The van der Waals surface area contributed by atoms with Gasteiger partial charge in [-0.15, -0.1) is 11.3 Å². The lowest BCUT2D eigenvalue weighted by molar-refractivity contribution is 0.0833. The van der Waals surface area contributed by atoms with Gasteiger partial charge in [-0.2, -0.15) is 0 Å². The molecule has 5 rings (SSSR count). The lowest BCUT2D eigenvalue weighted by Gasteiger charge is -2.30. The van der Waals surface area contributed by atoms with Crippen molar-refractivity contribution < 1.29 is 4.79 Å². The smallest absolute Gasteiger partial charge is 0.166 e. The summed E-state index contributed by atoms with van der Waals surface area (Å²) in [4.78, 5) is 27.0. The zero-order chi connectivity index (χ0) is 19.8. The highest BCUT2D eigenvalue weighted by Gasteiger charge is 2.27. The summed E-state index contributed by atoms with van der Waals surface area (Å²) < 4.78 is 0.